The number of para-hydroxylation sites is 1. The molecule has 0 amide bonds. The zero-order valence-electron chi connectivity index (χ0n) is 15.7. The molecule has 1 aromatic carbocycles. The fourth-order valence-electron chi connectivity index (χ4n) is 3.19. The van der Waals surface area contributed by atoms with Crippen LogP contribution in [0.3, 0.4) is 0 Å². The summed E-state index contributed by atoms with van der Waals surface area (Å²) in [6.07, 6.45) is 3.30. The standard InChI is InChI=1S/C19H15N7O3S/c1-12-22-19(29-25-12)14-7-4-10-26-16(23-24-18(14)26)11-21-30(27,28)15-8-2-5-13-6-3-9-20-17(13)15/h2-10,21H,11H2,1H3. The van der Waals surface area contributed by atoms with Crippen molar-refractivity contribution >= 4 is 26.6 Å². The summed E-state index contributed by atoms with van der Waals surface area (Å²) in [5.41, 5.74) is 1.51. The average molecular weight is 421 g/mol. The first-order valence-corrected chi connectivity index (χ1v) is 10.5. The first-order valence-electron chi connectivity index (χ1n) is 9.00. The maximum atomic E-state index is 12.9. The van der Waals surface area contributed by atoms with Gasteiger partial charge < -0.3 is 4.52 Å². The molecular weight excluding hydrogens is 406 g/mol. The summed E-state index contributed by atoms with van der Waals surface area (Å²) < 4.78 is 35.3. The third-order valence-corrected chi connectivity index (χ3v) is 6.00. The second-order valence-corrected chi connectivity index (χ2v) is 8.27. The van der Waals surface area contributed by atoms with Crippen LogP contribution in [-0.4, -0.2) is 38.1 Å². The smallest absolute Gasteiger partial charge is 0.261 e. The monoisotopic (exact) mass is 421 g/mol. The zero-order chi connectivity index (χ0) is 20.7. The molecule has 0 aliphatic rings. The quantitative estimate of drug-likeness (QED) is 0.457. The van der Waals surface area contributed by atoms with Crippen LogP contribution >= 0.6 is 0 Å². The van der Waals surface area contributed by atoms with Crippen LogP contribution in [0.1, 0.15) is 11.6 Å². The Labute approximate surface area is 170 Å². The molecule has 4 aromatic heterocycles. The number of benzene rings is 1. The number of pyridine rings is 2. The van der Waals surface area contributed by atoms with E-state index < -0.39 is 10.0 Å². The molecule has 0 saturated heterocycles. The van der Waals surface area contributed by atoms with Gasteiger partial charge in [0.2, 0.25) is 10.0 Å². The highest BCUT2D eigenvalue weighted by Gasteiger charge is 2.20. The maximum Gasteiger partial charge on any atom is 0.261 e. The van der Waals surface area contributed by atoms with E-state index in [1.54, 1.807) is 48.0 Å². The number of hydrogen-bond acceptors (Lipinski definition) is 8. The van der Waals surface area contributed by atoms with E-state index in [2.05, 4.69) is 30.0 Å². The van der Waals surface area contributed by atoms with Gasteiger partial charge in [0.1, 0.15) is 4.90 Å². The lowest BCUT2D eigenvalue weighted by Crippen LogP contribution is -2.24. The van der Waals surface area contributed by atoms with Crippen molar-refractivity contribution in [2.24, 2.45) is 0 Å². The summed E-state index contributed by atoms with van der Waals surface area (Å²) in [5, 5.41) is 12.8. The lowest BCUT2D eigenvalue weighted by molar-refractivity contribution is 0.426. The number of nitrogens with zero attached hydrogens (tertiary/aromatic N) is 6. The van der Waals surface area contributed by atoms with Crippen molar-refractivity contribution in [3.8, 4) is 11.5 Å². The van der Waals surface area contributed by atoms with E-state index in [0.29, 0.717) is 34.3 Å². The van der Waals surface area contributed by atoms with Crippen LogP contribution in [0.2, 0.25) is 0 Å². The minimum absolute atomic E-state index is 0.0565. The highest BCUT2D eigenvalue weighted by Crippen LogP contribution is 2.23. The van der Waals surface area contributed by atoms with Crippen molar-refractivity contribution < 1.29 is 12.9 Å². The van der Waals surface area contributed by atoms with Crippen LogP contribution in [0, 0.1) is 6.92 Å². The van der Waals surface area contributed by atoms with Gasteiger partial charge in [-0.15, -0.1) is 10.2 Å². The van der Waals surface area contributed by atoms with E-state index >= 15 is 0 Å². The third kappa shape index (κ3) is 3.09. The Hall–Kier alpha value is -3.70. The fraction of sp³-hybridized carbons (Fsp3) is 0.105. The van der Waals surface area contributed by atoms with Gasteiger partial charge in [0, 0.05) is 17.8 Å². The molecule has 0 saturated carbocycles. The predicted molar refractivity (Wildman–Crippen MR) is 107 cm³/mol. The molecule has 0 aliphatic heterocycles. The number of aromatic nitrogens is 6. The second-order valence-electron chi connectivity index (χ2n) is 6.53. The van der Waals surface area contributed by atoms with Gasteiger partial charge in [0.05, 0.1) is 17.6 Å². The largest absolute Gasteiger partial charge is 0.334 e. The predicted octanol–water partition coefficient (Wildman–Crippen LogP) is 2.11. The van der Waals surface area contributed by atoms with Crippen LogP contribution in [0.15, 0.2) is 64.3 Å². The molecule has 10 nitrogen and oxygen atoms in total. The summed E-state index contributed by atoms with van der Waals surface area (Å²) in [4.78, 5) is 8.54. The van der Waals surface area contributed by atoms with Gasteiger partial charge in [-0.1, -0.05) is 23.4 Å². The first kappa shape index (κ1) is 18.3. The lowest BCUT2D eigenvalue weighted by Gasteiger charge is -2.08. The van der Waals surface area contributed by atoms with E-state index in [-0.39, 0.29) is 11.4 Å². The SMILES string of the molecule is Cc1noc(-c2cccn3c(CNS(=O)(=O)c4cccc5cccnc45)nnc23)n1. The Kier molecular flexibility index (Phi) is 4.26. The second kappa shape index (κ2) is 6.97. The number of sulfonamides is 1. The van der Waals surface area contributed by atoms with Crippen LogP contribution in [0.5, 0.6) is 0 Å². The molecule has 0 spiro atoms. The number of aryl methyl sites for hydroxylation is 1. The molecule has 0 bridgehead atoms. The van der Waals surface area contributed by atoms with Gasteiger partial charge in [0.15, 0.2) is 17.3 Å². The van der Waals surface area contributed by atoms with E-state index in [9.17, 15) is 8.42 Å². The Morgan fingerprint density at radius 2 is 1.97 bits per heavy atom. The summed E-state index contributed by atoms with van der Waals surface area (Å²) in [6.45, 7) is 1.67. The molecule has 0 unspecified atom stereocenters. The van der Waals surface area contributed by atoms with Gasteiger partial charge in [0.25, 0.3) is 5.89 Å². The van der Waals surface area contributed by atoms with E-state index in [1.807, 2.05) is 12.1 Å². The van der Waals surface area contributed by atoms with Crippen molar-refractivity contribution in [1.82, 2.24) is 34.4 Å². The molecule has 30 heavy (non-hydrogen) atoms. The van der Waals surface area contributed by atoms with Crippen LogP contribution in [0.25, 0.3) is 28.0 Å². The zero-order valence-corrected chi connectivity index (χ0v) is 16.5. The molecule has 0 radical (unpaired) electrons. The average Bonchev–Trinajstić information content (AvgIpc) is 3.38. The van der Waals surface area contributed by atoms with Crippen molar-refractivity contribution in [3.05, 3.63) is 66.5 Å². The highest BCUT2D eigenvalue weighted by molar-refractivity contribution is 7.89. The van der Waals surface area contributed by atoms with Gasteiger partial charge in [-0.3, -0.25) is 9.38 Å². The van der Waals surface area contributed by atoms with E-state index in [4.69, 9.17) is 4.52 Å². The topological polar surface area (TPSA) is 128 Å². The Bertz CT molecular complexity index is 1490. The molecule has 5 aromatic rings. The summed E-state index contributed by atoms with van der Waals surface area (Å²) >= 11 is 0. The molecule has 0 aliphatic carbocycles. The van der Waals surface area contributed by atoms with Gasteiger partial charge >= 0.3 is 0 Å². The number of fused-ring (bicyclic) bond motifs is 2. The van der Waals surface area contributed by atoms with E-state index in [1.165, 1.54) is 6.07 Å². The molecule has 11 heteroatoms. The van der Waals surface area contributed by atoms with Crippen molar-refractivity contribution in [1.29, 1.82) is 0 Å². The van der Waals surface area contributed by atoms with Crippen LogP contribution in [0.4, 0.5) is 0 Å². The van der Waals surface area contributed by atoms with Gasteiger partial charge in [-0.2, -0.15) is 4.98 Å². The number of hydrogen-bond donors (Lipinski definition) is 1. The van der Waals surface area contributed by atoms with Crippen LogP contribution in [-0.2, 0) is 16.6 Å². The Morgan fingerprint density at radius 1 is 1.10 bits per heavy atom. The summed E-state index contributed by atoms with van der Waals surface area (Å²) in [5.74, 6) is 1.24. The van der Waals surface area contributed by atoms with Crippen LogP contribution < -0.4 is 4.72 Å². The first-order chi connectivity index (χ1) is 14.5. The summed E-state index contributed by atoms with van der Waals surface area (Å²) in [7, 11) is -3.83. The normalized spacial score (nSPS) is 12.0. The molecule has 4 heterocycles. The minimum Gasteiger partial charge on any atom is -0.334 e. The Morgan fingerprint density at radius 3 is 2.80 bits per heavy atom. The molecule has 0 atom stereocenters. The van der Waals surface area contributed by atoms with Crippen molar-refractivity contribution in [2.75, 3.05) is 0 Å². The lowest BCUT2D eigenvalue weighted by atomic mass is 10.2. The molecule has 0 fully saturated rings. The van der Waals surface area contributed by atoms with Gasteiger partial charge in [-0.25, -0.2) is 13.1 Å². The fourth-order valence-corrected chi connectivity index (χ4v) is 4.35. The van der Waals surface area contributed by atoms with E-state index in [0.717, 1.165) is 5.39 Å². The third-order valence-electron chi connectivity index (χ3n) is 4.57. The number of rotatable bonds is 5. The molecule has 150 valence electrons. The molecule has 1 N–H and O–H groups in total. The number of nitrogens with one attached hydrogen (secondary N) is 1. The maximum absolute atomic E-state index is 12.9. The van der Waals surface area contributed by atoms with Crippen molar-refractivity contribution in [3.63, 3.8) is 0 Å². The van der Waals surface area contributed by atoms with Gasteiger partial charge in [-0.05, 0) is 31.2 Å². The molecular formula is C19H15N7O3S. The Balaban J connectivity index is 1.48. The highest BCUT2D eigenvalue weighted by atomic mass is 32.2. The minimum atomic E-state index is -3.83. The van der Waals surface area contributed by atoms with Crippen molar-refractivity contribution in [2.45, 2.75) is 18.4 Å². The molecule has 5 rings (SSSR count). The summed E-state index contributed by atoms with van der Waals surface area (Å²) in [6, 6.07) is 12.2.